The Kier molecular flexibility index (Phi) is 5.89. The third-order valence-corrected chi connectivity index (χ3v) is 6.98. The highest BCUT2D eigenvalue weighted by Gasteiger charge is 2.32. The van der Waals surface area contributed by atoms with Gasteiger partial charge in [-0.05, 0) is 91.0 Å². The Morgan fingerprint density at radius 3 is 1.79 bits per heavy atom. The normalized spacial score (nSPS) is 27.7. The lowest BCUT2D eigenvalue weighted by atomic mass is 9.73. The average molecular weight is 403 g/mol. The Bertz CT molecular complexity index is 786. The van der Waals surface area contributed by atoms with E-state index in [0.29, 0.717) is 5.92 Å². The first-order valence-electron chi connectivity index (χ1n) is 10.8. The molecule has 0 saturated heterocycles. The maximum Gasteiger partial charge on any atom is 0.573 e. The summed E-state index contributed by atoms with van der Waals surface area (Å²) in [5.74, 6) is 3.25. The summed E-state index contributed by atoms with van der Waals surface area (Å²) in [6, 6.07) is 14.6. The molecule has 2 aliphatic carbocycles. The van der Waals surface area contributed by atoms with Crippen molar-refractivity contribution in [2.24, 2.45) is 17.8 Å². The summed E-state index contributed by atoms with van der Waals surface area (Å²) in [7, 11) is 0. The number of rotatable bonds is 4. The highest BCUT2D eigenvalue weighted by Crippen LogP contribution is 2.45. The van der Waals surface area contributed by atoms with Crippen molar-refractivity contribution < 1.29 is 17.9 Å². The molecule has 4 heteroatoms. The first-order valence-corrected chi connectivity index (χ1v) is 10.8. The average Bonchev–Trinajstić information content (AvgIpc) is 3.14. The van der Waals surface area contributed by atoms with E-state index in [1.54, 1.807) is 12.1 Å². The monoisotopic (exact) mass is 402 g/mol. The van der Waals surface area contributed by atoms with Gasteiger partial charge in [-0.15, -0.1) is 13.2 Å². The van der Waals surface area contributed by atoms with Gasteiger partial charge in [-0.3, -0.25) is 0 Å². The quantitative estimate of drug-likeness (QED) is 0.504. The van der Waals surface area contributed by atoms with Crippen LogP contribution in [0.5, 0.6) is 5.75 Å². The van der Waals surface area contributed by atoms with Gasteiger partial charge in [-0.2, -0.15) is 0 Å². The van der Waals surface area contributed by atoms with Crippen LogP contribution < -0.4 is 4.74 Å². The SMILES string of the molecule is CC1CCC(C2CCC(c3ccc(-c4ccc(OC(F)(F)F)cc4)cc3)CC2)C1. The van der Waals surface area contributed by atoms with Gasteiger partial charge in [0.05, 0.1) is 0 Å². The van der Waals surface area contributed by atoms with Gasteiger partial charge in [0, 0.05) is 0 Å². The molecule has 0 amide bonds. The summed E-state index contributed by atoms with van der Waals surface area (Å²) in [5, 5.41) is 0. The van der Waals surface area contributed by atoms with E-state index in [0.717, 1.165) is 28.9 Å². The molecule has 2 aliphatic rings. The van der Waals surface area contributed by atoms with E-state index in [9.17, 15) is 13.2 Å². The molecule has 0 spiro atoms. The molecule has 2 fully saturated rings. The second kappa shape index (κ2) is 8.41. The molecule has 29 heavy (non-hydrogen) atoms. The molecule has 0 radical (unpaired) electrons. The fourth-order valence-corrected chi connectivity index (χ4v) is 5.40. The molecule has 2 unspecified atom stereocenters. The maximum atomic E-state index is 12.3. The van der Waals surface area contributed by atoms with Crippen molar-refractivity contribution in [2.75, 3.05) is 0 Å². The van der Waals surface area contributed by atoms with Gasteiger partial charge in [-0.1, -0.05) is 49.7 Å². The van der Waals surface area contributed by atoms with Crippen LogP contribution in [-0.2, 0) is 0 Å². The van der Waals surface area contributed by atoms with Crippen molar-refractivity contribution >= 4 is 0 Å². The molecule has 0 heterocycles. The summed E-state index contributed by atoms with van der Waals surface area (Å²) in [6.45, 7) is 2.39. The molecule has 2 atom stereocenters. The molecule has 0 N–H and O–H groups in total. The zero-order valence-corrected chi connectivity index (χ0v) is 16.9. The Hall–Kier alpha value is -1.97. The van der Waals surface area contributed by atoms with Crippen molar-refractivity contribution in [3.8, 4) is 16.9 Å². The third kappa shape index (κ3) is 5.15. The first kappa shape index (κ1) is 20.3. The molecule has 2 aromatic carbocycles. The lowest BCUT2D eigenvalue weighted by molar-refractivity contribution is -0.274. The van der Waals surface area contributed by atoms with E-state index < -0.39 is 6.36 Å². The summed E-state index contributed by atoms with van der Waals surface area (Å²) in [5.41, 5.74) is 3.30. The van der Waals surface area contributed by atoms with E-state index in [4.69, 9.17) is 0 Å². The summed E-state index contributed by atoms with van der Waals surface area (Å²) in [6.07, 6.45) is 4.87. The van der Waals surface area contributed by atoms with Crippen molar-refractivity contribution in [2.45, 2.75) is 64.1 Å². The molecule has 2 aromatic rings. The Morgan fingerprint density at radius 2 is 1.28 bits per heavy atom. The molecule has 1 nitrogen and oxygen atoms in total. The first-order chi connectivity index (χ1) is 13.9. The van der Waals surface area contributed by atoms with E-state index >= 15 is 0 Å². The minimum absolute atomic E-state index is 0.189. The summed E-state index contributed by atoms with van der Waals surface area (Å²) in [4.78, 5) is 0. The van der Waals surface area contributed by atoms with Crippen molar-refractivity contribution in [3.63, 3.8) is 0 Å². The number of ether oxygens (including phenoxy) is 1. The van der Waals surface area contributed by atoms with Gasteiger partial charge < -0.3 is 4.74 Å². The highest BCUT2D eigenvalue weighted by atomic mass is 19.4. The maximum absolute atomic E-state index is 12.3. The largest absolute Gasteiger partial charge is 0.573 e. The lowest BCUT2D eigenvalue weighted by Crippen LogP contribution is -2.19. The van der Waals surface area contributed by atoms with Gasteiger partial charge in [0.25, 0.3) is 0 Å². The van der Waals surface area contributed by atoms with Crippen LogP contribution in [0, 0.1) is 17.8 Å². The molecule has 2 saturated carbocycles. The fraction of sp³-hybridized carbons (Fsp3) is 0.520. The van der Waals surface area contributed by atoms with Gasteiger partial charge >= 0.3 is 6.36 Å². The van der Waals surface area contributed by atoms with Gasteiger partial charge in [0.2, 0.25) is 0 Å². The fourth-order valence-electron chi connectivity index (χ4n) is 5.40. The van der Waals surface area contributed by atoms with Crippen LogP contribution in [0.25, 0.3) is 11.1 Å². The predicted molar refractivity (Wildman–Crippen MR) is 110 cm³/mol. The molecule has 0 aliphatic heterocycles. The molecule has 4 rings (SSSR count). The van der Waals surface area contributed by atoms with Gasteiger partial charge in [0.15, 0.2) is 0 Å². The lowest BCUT2D eigenvalue weighted by Gasteiger charge is -2.32. The van der Waals surface area contributed by atoms with Crippen LogP contribution in [0.4, 0.5) is 13.2 Å². The molecule has 0 bridgehead atoms. The Balaban J connectivity index is 1.35. The van der Waals surface area contributed by atoms with Gasteiger partial charge in [0.1, 0.15) is 5.75 Å². The van der Waals surface area contributed by atoms with E-state index in [-0.39, 0.29) is 5.75 Å². The molecular weight excluding hydrogens is 373 g/mol. The summed E-state index contributed by atoms with van der Waals surface area (Å²) >= 11 is 0. The topological polar surface area (TPSA) is 9.23 Å². The van der Waals surface area contributed by atoms with Crippen LogP contribution in [0.2, 0.25) is 0 Å². The van der Waals surface area contributed by atoms with Crippen LogP contribution in [0.1, 0.15) is 63.4 Å². The van der Waals surface area contributed by atoms with Crippen LogP contribution in [-0.4, -0.2) is 6.36 Å². The van der Waals surface area contributed by atoms with E-state index in [2.05, 4.69) is 35.9 Å². The van der Waals surface area contributed by atoms with Gasteiger partial charge in [-0.25, -0.2) is 0 Å². The third-order valence-electron chi connectivity index (χ3n) is 6.98. The molecular formula is C25H29F3O. The minimum atomic E-state index is -4.65. The number of benzene rings is 2. The molecule has 0 aromatic heterocycles. The van der Waals surface area contributed by atoms with Crippen molar-refractivity contribution in [3.05, 3.63) is 54.1 Å². The van der Waals surface area contributed by atoms with Crippen molar-refractivity contribution in [1.82, 2.24) is 0 Å². The minimum Gasteiger partial charge on any atom is -0.406 e. The van der Waals surface area contributed by atoms with E-state index in [1.165, 1.54) is 62.6 Å². The van der Waals surface area contributed by atoms with Crippen LogP contribution in [0.3, 0.4) is 0 Å². The molecule has 156 valence electrons. The Morgan fingerprint density at radius 1 is 0.724 bits per heavy atom. The zero-order valence-electron chi connectivity index (χ0n) is 16.9. The zero-order chi connectivity index (χ0) is 20.4. The van der Waals surface area contributed by atoms with E-state index in [1.807, 2.05) is 0 Å². The van der Waals surface area contributed by atoms with Crippen LogP contribution in [0.15, 0.2) is 48.5 Å². The second-order valence-corrected chi connectivity index (χ2v) is 8.98. The summed E-state index contributed by atoms with van der Waals surface area (Å²) < 4.78 is 40.8. The van der Waals surface area contributed by atoms with Crippen LogP contribution >= 0.6 is 0 Å². The number of alkyl halides is 3. The smallest absolute Gasteiger partial charge is 0.406 e. The standard InChI is InChI=1S/C25H29F3O/c1-17-2-3-23(16-17)22-10-8-19(9-11-22)18-4-6-20(7-5-18)21-12-14-24(15-13-21)29-25(26,27)28/h4-7,12-15,17,19,22-23H,2-3,8-11,16H2,1H3. The highest BCUT2D eigenvalue weighted by molar-refractivity contribution is 5.64. The number of halogens is 3. The second-order valence-electron chi connectivity index (χ2n) is 8.98. The predicted octanol–water partition coefficient (Wildman–Crippen LogP) is 7.96. The Labute approximate surface area is 171 Å². The van der Waals surface area contributed by atoms with Crippen molar-refractivity contribution in [1.29, 1.82) is 0 Å². The number of hydrogen-bond acceptors (Lipinski definition) is 1. The number of hydrogen-bond donors (Lipinski definition) is 0.